The Hall–Kier alpha value is -3.72. The van der Waals surface area contributed by atoms with E-state index in [9.17, 15) is 9.59 Å². The minimum absolute atomic E-state index is 0.173. The highest BCUT2D eigenvalue weighted by molar-refractivity contribution is 6.10. The summed E-state index contributed by atoms with van der Waals surface area (Å²) in [6.45, 7) is 5.96. The number of morpholine rings is 1. The predicted octanol–water partition coefficient (Wildman–Crippen LogP) is 2.09. The molecule has 0 aliphatic carbocycles. The molecule has 3 aliphatic heterocycles. The second-order valence-corrected chi connectivity index (χ2v) is 7.82. The van der Waals surface area contributed by atoms with E-state index in [4.69, 9.17) is 4.74 Å². The van der Waals surface area contributed by atoms with Gasteiger partial charge in [0.15, 0.2) is 5.78 Å². The number of anilines is 3. The largest absolute Gasteiger partial charge is 0.378 e. The summed E-state index contributed by atoms with van der Waals surface area (Å²) in [6.07, 6.45) is 3.05. The van der Waals surface area contributed by atoms with Gasteiger partial charge in [-0.15, -0.1) is 0 Å². The molecule has 5 rings (SSSR count). The lowest BCUT2D eigenvalue weighted by molar-refractivity contribution is -0.114. The molecule has 4 heterocycles. The second kappa shape index (κ2) is 8.43. The minimum Gasteiger partial charge on any atom is -0.378 e. The van der Waals surface area contributed by atoms with Crippen molar-refractivity contribution in [1.29, 1.82) is 0 Å². The van der Waals surface area contributed by atoms with Crippen LogP contribution in [0.5, 0.6) is 0 Å². The van der Waals surface area contributed by atoms with Crippen LogP contribution < -0.4 is 15.5 Å². The predicted molar refractivity (Wildman–Crippen MR) is 122 cm³/mol. The first kappa shape index (κ1) is 20.2. The van der Waals surface area contributed by atoms with Gasteiger partial charge >= 0.3 is 0 Å². The Morgan fingerprint density at radius 2 is 2.00 bits per heavy atom. The molecule has 2 aromatic rings. The quantitative estimate of drug-likeness (QED) is 0.564. The lowest BCUT2D eigenvalue weighted by Gasteiger charge is -2.33. The Bertz CT molecular complexity index is 1120. The zero-order valence-electron chi connectivity index (χ0n) is 17.8. The van der Waals surface area contributed by atoms with Crippen molar-refractivity contribution in [2.45, 2.75) is 6.92 Å². The van der Waals surface area contributed by atoms with E-state index >= 15 is 0 Å². The normalized spacial score (nSPS) is 18.5. The van der Waals surface area contributed by atoms with Crippen LogP contribution in [0.4, 0.5) is 17.2 Å². The number of pyridine rings is 1. The van der Waals surface area contributed by atoms with Gasteiger partial charge in [0.25, 0.3) is 0 Å². The molecule has 9 heteroatoms. The summed E-state index contributed by atoms with van der Waals surface area (Å²) in [6, 6.07) is 9.60. The molecule has 0 bridgehead atoms. The van der Waals surface area contributed by atoms with Crippen molar-refractivity contribution in [3.05, 3.63) is 59.6 Å². The van der Waals surface area contributed by atoms with Crippen LogP contribution in [0.1, 0.15) is 22.8 Å². The Morgan fingerprint density at radius 1 is 1.16 bits per heavy atom. The first-order chi connectivity index (χ1) is 15.6. The van der Waals surface area contributed by atoms with Crippen LogP contribution in [0, 0.1) is 0 Å². The molecule has 0 saturated carbocycles. The lowest BCUT2D eigenvalue weighted by atomic mass is 10.1. The van der Waals surface area contributed by atoms with E-state index in [-0.39, 0.29) is 11.7 Å². The van der Waals surface area contributed by atoms with E-state index in [1.54, 1.807) is 18.2 Å². The summed E-state index contributed by atoms with van der Waals surface area (Å²) in [5.41, 5.74) is 3.53. The molecular formula is C23H24N6O3. The summed E-state index contributed by atoms with van der Waals surface area (Å²) >= 11 is 0. The molecule has 32 heavy (non-hydrogen) atoms. The smallest absolute Gasteiger partial charge is 0.222 e. The van der Waals surface area contributed by atoms with Gasteiger partial charge in [-0.05, 0) is 30.3 Å². The van der Waals surface area contributed by atoms with Crippen molar-refractivity contribution in [2.75, 3.05) is 54.9 Å². The maximum absolute atomic E-state index is 12.9. The van der Waals surface area contributed by atoms with Gasteiger partial charge in [-0.3, -0.25) is 14.6 Å². The van der Waals surface area contributed by atoms with Gasteiger partial charge in [-0.1, -0.05) is 0 Å². The summed E-state index contributed by atoms with van der Waals surface area (Å²) in [5.74, 6) is 1.61. The van der Waals surface area contributed by atoms with Gasteiger partial charge in [0.2, 0.25) is 5.91 Å². The molecule has 1 aromatic heterocycles. The monoisotopic (exact) mass is 432 g/mol. The van der Waals surface area contributed by atoms with Crippen molar-refractivity contribution in [2.24, 2.45) is 4.99 Å². The van der Waals surface area contributed by atoms with Gasteiger partial charge in [0.1, 0.15) is 17.5 Å². The second-order valence-electron chi connectivity index (χ2n) is 7.82. The van der Waals surface area contributed by atoms with Crippen molar-refractivity contribution in [1.82, 2.24) is 9.88 Å². The van der Waals surface area contributed by atoms with Gasteiger partial charge in [0.05, 0.1) is 25.4 Å². The maximum Gasteiger partial charge on any atom is 0.222 e. The third-order valence-electron chi connectivity index (χ3n) is 5.63. The molecule has 0 unspecified atom stereocenters. The number of nitrogens with zero attached hydrogens (tertiary/aromatic N) is 4. The molecule has 0 atom stereocenters. The fourth-order valence-electron chi connectivity index (χ4n) is 4.08. The number of allylic oxidation sites excluding steroid dienone is 1. The molecule has 1 aromatic carbocycles. The molecule has 1 amide bonds. The van der Waals surface area contributed by atoms with E-state index < -0.39 is 0 Å². The summed E-state index contributed by atoms with van der Waals surface area (Å²) < 4.78 is 5.46. The summed E-state index contributed by atoms with van der Waals surface area (Å²) in [7, 11) is 0. The van der Waals surface area contributed by atoms with E-state index in [0.29, 0.717) is 30.3 Å². The number of hydrogen-bond donors (Lipinski definition) is 2. The molecule has 3 aliphatic rings. The van der Waals surface area contributed by atoms with Crippen LogP contribution in [0.3, 0.4) is 0 Å². The SMILES string of the molecule is CC(=O)Nc1ccc(C(=O)/C=C2\Nc3cc(N4CCOCC4)ccc3C3=NCCN32)cn1. The topological polar surface area (TPSA) is 99.2 Å². The highest BCUT2D eigenvalue weighted by Crippen LogP contribution is 2.33. The molecule has 0 spiro atoms. The van der Waals surface area contributed by atoms with Crippen molar-refractivity contribution >= 4 is 34.7 Å². The number of amidine groups is 1. The van der Waals surface area contributed by atoms with Crippen LogP contribution in [0.2, 0.25) is 0 Å². The molecule has 164 valence electrons. The first-order valence-electron chi connectivity index (χ1n) is 10.6. The Morgan fingerprint density at radius 3 is 2.75 bits per heavy atom. The number of ether oxygens (including phenoxy) is 1. The average molecular weight is 432 g/mol. The number of fused-ring (bicyclic) bond motifs is 3. The zero-order chi connectivity index (χ0) is 22.1. The van der Waals surface area contributed by atoms with Gasteiger partial charge in [0, 0.05) is 55.6 Å². The van der Waals surface area contributed by atoms with Crippen LogP contribution in [-0.4, -0.2) is 66.8 Å². The number of nitrogens with one attached hydrogen (secondary N) is 2. The number of carbonyl (C=O) groups is 2. The van der Waals surface area contributed by atoms with Crippen LogP contribution in [-0.2, 0) is 9.53 Å². The first-order valence-corrected chi connectivity index (χ1v) is 10.6. The number of ketones is 1. The number of hydrogen-bond acceptors (Lipinski definition) is 8. The molecule has 9 nitrogen and oxygen atoms in total. The number of aromatic nitrogens is 1. The highest BCUT2D eigenvalue weighted by atomic mass is 16.5. The molecule has 2 N–H and O–H groups in total. The zero-order valence-corrected chi connectivity index (χ0v) is 17.8. The lowest BCUT2D eigenvalue weighted by Crippen LogP contribution is -2.38. The maximum atomic E-state index is 12.9. The van der Waals surface area contributed by atoms with Crippen LogP contribution in [0.15, 0.2) is 53.4 Å². The Balaban J connectivity index is 1.42. The highest BCUT2D eigenvalue weighted by Gasteiger charge is 2.30. The fourth-order valence-corrected chi connectivity index (χ4v) is 4.08. The van der Waals surface area contributed by atoms with Crippen molar-refractivity contribution < 1.29 is 14.3 Å². The minimum atomic E-state index is -0.207. The Kier molecular flexibility index (Phi) is 5.32. The van der Waals surface area contributed by atoms with Crippen molar-refractivity contribution in [3.8, 4) is 0 Å². The summed E-state index contributed by atoms with van der Waals surface area (Å²) in [4.78, 5) is 37.2. The number of rotatable bonds is 4. The average Bonchev–Trinajstić information content (AvgIpc) is 3.30. The molecule has 1 fully saturated rings. The summed E-state index contributed by atoms with van der Waals surface area (Å²) in [5, 5.41) is 6.04. The molecule has 1 saturated heterocycles. The van der Waals surface area contributed by atoms with E-state index in [1.807, 2.05) is 4.90 Å². The van der Waals surface area contributed by atoms with Crippen LogP contribution >= 0.6 is 0 Å². The standard InChI is InChI=1S/C23H24N6O3/c1-15(30)26-21-5-2-16(14-25-21)20(31)13-22-27-19-12-17(28-8-10-32-11-9-28)3-4-18(19)23-24-6-7-29(22)23/h2-5,12-14,27H,6-11H2,1H3,(H,25,26,30)/b22-13+. The van der Waals surface area contributed by atoms with E-state index in [1.165, 1.54) is 13.1 Å². The molecular weight excluding hydrogens is 408 g/mol. The van der Waals surface area contributed by atoms with Crippen molar-refractivity contribution in [3.63, 3.8) is 0 Å². The van der Waals surface area contributed by atoms with Gasteiger partial charge < -0.3 is 25.2 Å². The van der Waals surface area contributed by atoms with Gasteiger partial charge in [-0.25, -0.2) is 4.98 Å². The third-order valence-corrected chi connectivity index (χ3v) is 5.63. The Labute approximate surface area is 185 Å². The fraction of sp³-hybridized carbons (Fsp3) is 0.304. The van der Waals surface area contributed by atoms with Crippen LogP contribution in [0.25, 0.3) is 0 Å². The number of amides is 1. The molecule has 0 radical (unpaired) electrons. The van der Waals surface area contributed by atoms with E-state index in [2.05, 4.69) is 43.7 Å². The number of carbonyl (C=O) groups excluding carboxylic acids is 2. The third kappa shape index (κ3) is 3.94. The van der Waals surface area contributed by atoms with E-state index in [0.717, 1.165) is 49.1 Å². The number of aliphatic imine (C=N–C) groups is 1. The number of benzene rings is 1. The van der Waals surface area contributed by atoms with Gasteiger partial charge in [-0.2, -0.15) is 0 Å².